The van der Waals surface area contributed by atoms with Crippen molar-refractivity contribution in [3.05, 3.63) is 28.7 Å². The molecule has 0 aliphatic carbocycles. The Kier molecular flexibility index (Phi) is 10.7. The molecule has 158 valence electrons. The monoisotopic (exact) mass is 477 g/mol. The summed E-state index contributed by atoms with van der Waals surface area (Å²) in [5, 5.41) is 7.96. The molecule has 0 fully saturated rings. The molecule has 0 spiro atoms. The minimum atomic E-state index is -3.41. The fourth-order valence-electron chi connectivity index (χ4n) is 2.35. The lowest BCUT2D eigenvalue weighted by molar-refractivity contribution is -0.123. The highest BCUT2D eigenvalue weighted by atomic mass is 79.9. The third kappa shape index (κ3) is 8.31. The van der Waals surface area contributed by atoms with E-state index in [4.69, 9.17) is 9.05 Å². The van der Waals surface area contributed by atoms with Crippen molar-refractivity contribution in [1.82, 2.24) is 10.6 Å². The molecule has 10 heteroatoms. The summed E-state index contributed by atoms with van der Waals surface area (Å²) in [6.07, 6.45) is 0.418. The van der Waals surface area contributed by atoms with Gasteiger partial charge in [-0.05, 0) is 44.0 Å². The molecule has 0 aliphatic rings. The van der Waals surface area contributed by atoms with Gasteiger partial charge in [0.1, 0.15) is 12.3 Å². The first kappa shape index (κ1) is 24.6. The molecule has 8 nitrogen and oxygen atoms in total. The van der Waals surface area contributed by atoms with E-state index in [1.165, 1.54) is 0 Å². The van der Waals surface area contributed by atoms with Crippen LogP contribution in [-0.4, -0.2) is 37.5 Å². The number of urea groups is 1. The van der Waals surface area contributed by atoms with E-state index in [-0.39, 0.29) is 25.4 Å². The molecular weight excluding hydrogens is 449 g/mol. The van der Waals surface area contributed by atoms with Crippen LogP contribution in [0.2, 0.25) is 0 Å². The molecule has 0 saturated heterocycles. The molecule has 0 unspecified atom stereocenters. The van der Waals surface area contributed by atoms with Gasteiger partial charge in [0.15, 0.2) is 0 Å². The van der Waals surface area contributed by atoms with Crippen LogP contribution < -0.4 is 16.0 Å². The van der Waals surface area contributed by atoms with E-state index in [2.05, 4.69) is 31.9 Å². The maximum Gasteiger partial charge on any atom is 0.349 e. The van der Waals surface area contributed by atoms with E-state index in [1.54, 1.807) is 38.1 Å². The second kappa shape index (κ2) is 12.2. The lowest BCUT2D eigenvalue weighted by atomic mass is 9.98. The zero-order valence-electron chi connectivity index (χ0n) is 16.7. The van der Waals surface area contributed by atoms with Gasteiger partial charge in [0, 0.05) is 10.2 Å². The highest BCUT2D eigenvalue weighted by Crippen LogP contribution is 2.46. The molecule has 0 bridgehead atoms. The van der Waals surface area contributed by atoms with Gasteiger partial charge in [0.2, 0.25) is 5.91 Å². The second-order valence-corrected chi connectivity index (χ2v) is 9.08. The molecule has 0 saturated carbocycles. The number of amides is 3. The van der Waals surface area contributed by atoms with Gasteiger partial charge in [0.25, 0.3) is 0 Å². The normalized spacial score (nSPS) is 13.5. The quantitative estimate of drug-likeness (QED) is 0.411. The van der Waals surface area contributed by atoms with E-state index in [9.17, 15) is 14.2 Å². The van der Waals surface area contributed by atoms with Gasteiger partial charge in [-0.25, -0.2) is 4.79 Å². The van der Waals surface area contributed by atoms with E-state index in [0.29, 0.717) is 12.1 Å². The van der Waals surface area contributed by atoms with E-state index >= 15 is 0 Å². The predicted molar refractivity (Wildman–Crippen MR) is 113 cm³/mol. The smallest absolute Gasteiger partial charge is 0.343 e. The molecule has 28 heavy (non-hydrogen) atoms. The Bertz CT molecular complexity index is 676. The molecule has 0 radical (unpaired) electrons. The van der Waals surface area contributed by atoms with Gasteiger partial charge in [-0.15, -0.1) is 0 Å². The van der Waals surface area contributed by atoms with Crippen LogP contribution in [-0.2, 0) is 18.4 Å². The summed E-state index contributed by atoms with van der Waals surface area (Å²) in [6.45, 7) is 7.58. The molecule has 2 atom stereocenters. The van der Waals surface area contributed by atoms with Crippen molar-refractivity contribution in [2.45, 2.75) is 40.2 Å². The molecule has 0 aromatic heterocycles. The molecular formula is C18H29BrN3O5P. The van der Waals surface area contributed by atoms with Crippen molar-refractivity contribution in [1.29, 1.82) is 0 Å². The van der Waals surface area contributed by atoms with Crippen LogP contribution in [0.15, 0.2) is 28.7 Å². The number of rotatable bonds is 11. The first-order valence-corrected chi connectivity index (χ1v) is 11.8. The number of halogens is 1. The molecule has 0 aliphatic heterocycles. The van der Waals surface area contributed by atoms with Crippen molar-refractivity contribution in [2.75, 3.05) is 24.8 Å². The SMILES string of the molecule is CCOP(=O)(CNC(=O)[C@@H](NC(=O)Nc1ccc(Br)cc1)[C@@H](C)CC)OCC. The molecule has 1 rings (SSSR count). The topological polar surface area (TPSA) is 106 Å². The van der Waals surface area contributed by atoms with Crippen molar-refractivity contribution >= 4 is 41.2 Å². The molecule has 0 heterocycles. The summed E-state index contributed by atoms with van der Waals surface area (Å²) >= 11 is 3.33. The summed E-state index contributed by atoms with van der Waals surface area (Å²) < 4.78 is 23.7. The molecule has 1 aromatic carbocycles. The maximum absolute atomic E-state index is 12.6. The minimum absolute atomic E-state index is 0.130. The van der Waals surface area contributed by atoms with Gasteiger partial charge < -0.3 is 25.0 Å². The third-order valence-corrected chi connectivity index (χ3v) is 6.36. The van der Waals surface area contributed by atoms with Crippen LogP contribution in [0.4, 0.5) is 10.5 Å². The maximum atomic E-state index is 12.6. The number of hydrogen-bond acceptors (Lipinski definition) is 5. The summed E-state index contributed by atoms with van der Waals surface area (Å²) in [4.78, 5) is 25.0. The first-order valence-electron chi connectivity index (χ1n) is 9.23. The lowest BCUT2D eigenvalue weighted by Gasteiger charge is -2.25. The largest absolute Gasteiger partial charge is 0.349 e. The Labute approximate surface area is 174 Å². The number of hydrogen-bond donors (Lipinski definition) is 3. The van der Waals surface area contributed by atoms with E-state index < -0.39 is 25.6 Å². The Morgan fingerprint density at radius 2 is 1.68 bits per heavy atom. The Morgan fingerprint density at radius 3 is 2.18 bits per heavy atom. The third-order valence-electron chi connectivity index (χ3n) is 3.98. The Morgan fingerprint density at radius 1 is 1.11 bits per heavy atom. The highest BCUT2D eigenvalue weighted by Gasteiger charge is 2.30. The van der Waals surface area contributed by atoms with E-state index in [0.717, 1.165) is 4.47 Å². The van der Waals surface area contributed by atoms with Crippen LogP contribution >= 0.6 is 23.5 Å². The van der Waals surface area contributed by atoms with Gasteiger partial charge in [-0.2, -0.15) is 0 Å². The van der Waals surface area contributed by atoms with E-state index in [1.807, 2.05) is 13.8 Å². The average molecular weight is 478 g/mol. The fraction of sp³-hybridized carbons (Fsp3) is 0.556. The second-order valence-electron chi connectivity index (χ2n) is 6.11. The molecule has 1 aromatic rings. The fourth-order valence-corrected chi connectivity index (χ4v) is 4.01. The summed E-state index contributed by atoms with van der Waals surface area (Å²) in [6, 6.07) is 5.78. The number of carbonyl (C=O) groups excluding carboxylic acids is 2. The van der Waals surface area contributed by atoms with Gasteiger partial charge in [0.05, 0.1) is 13.2 Å². The minimum Gasteiger partial charge on any atom is -0.343 e. The predicted octanol–water partition coefficient (Wildman–Crippen LogP) is 4.33. The zero-order valence-corrected chi connectivity index (χ0v) is 19.1. The number of carbonyl (C=O) groups is 2. The Hall–Kier alpha value is -1.41. The van der Waals surface area contributed by atoms with Crippen LogP contribution in [0, 0.1) is 5.92 Å². The lowest BCUT2D eigenvalue weighted by Crippen LogP contribution is -2.51. The van der Waals surface area contributed by atoms with Gasteiger partial charge in [-0.1, -0.05) is 36.2 Å². The number of benzene rings is 1. The van der Waals surface area contributed by atoms with Crippen molar-refractivity contribution in [3.8, 4) is 0 Å². The van der Waals surface area contributed by atoms with Crippen LogP contribution in [0.25, 0.3) is 0 Å². The number of nitrogens with one attached hydrogen (secondary N) is 3. The summed E-state index contributed by atoms with van der Waals surface area (Å²) in [5.74, 6) is -0.575. The highest BCUT2D eigenvalue weighted by molar-refractivity contribution is 9.10. The average Bonchev–Trinajstić information content (AvgIpc) is 2.66. The number of anilines is 1. The van der Waals surface area contributed by atoms with Crippen molar-refractivity contribution in [3.63, 3.8) is 0 Å². The van der Waals surface area contributed by atoms with Crippen LogP contribution in [0.1, 0.15) is 34.1 Å². The van der Waals surface area contributed by atoms with Gasteiger partial charge in [-0.3, -0.25) is 9.36 Å². The molecule has 3 N–H and O–H groups in total. The summed E-state index contributed by atoms with van der Waals surface area (Å²) in [5.41, 5.74) is 0.598. The first-order chi connectivity index (χ1) is 13.2. The van der Waals surface area contributed by atoms with Crippen molar-refractivity contribution in [2.24, 2.45) is 5.92 Å². The standard InChI is InChI=1S/C18H29BrN3O5P/c1-5-13(4)16(17(23)20-12-28(25,26-6-2)27-7-3)22-18(24)21-15-10-8-14(19)9-11-15/h8-11,13,16H,5-7,12H2,1-4H3,(H,20,23)(H2,21,22,24)/t13-,16-/m0/s1. The van der Waals surface area contributed by atoms with Crippen LogP contribution in [0.5, 0.6) is 0 Å². The summed E-state index contributed by atoms with van der Waals surface area (Å²) in [7, 11) is -3.41. The zero-order chi connectivity index (χ0) is 21.2. The van der Waals surface area contributed by atoms with Crippen LogP contribution in [0.3, 0.4) is 0 Å². The Balaban J connectivity index is 2.75. The van der Waals surface area contributed by atoms with Crippen molar-refractivity contribution < 1.29 is 23.2 Å². The molecule has 3 amide bonds. The van der Waals surface area contributed by atoms with Gasteiger partial charge >= 0.3 is 13.6 Å².